The molecule has 0 radical (unpaired) electrons. The molecule has 4 heteroatoms. The van der Waals surface area contributed by atoms with Crippen LogP contribution < -0.4 is 11.1 Å². The van der Waals surface area contributed by atoms with E-state index < -0.39 is 5.91 Å². The molecule has 0 saturated heterocycles. The van der Waals surface area contributed by atoms with Crippen LogP contribution in [-0.4, -0.2) is 23.7 Å². The zero-order valence-corrected chi connectivity index (χ0v) is 13.1. The number of hydrogen-bond donors (Lipinski definition) is 3. The predicted octanol–water partition coefficient (Wildman–Crippen LogP) is 2.77. The van der Waals surface area contributed by atoms with Crippen molar-refractivity contribution in [3.05, 3.63) is 29.8 Å². The molecule has 1 saturated carbocycles. The quantitative estimate of drug-likeness (QED) is 0.798. The highest BCUT2D eigenvalue weighted by Gasteiger charge is 2.40. The minimum absolute atomic E-state index is 0.0455. The van der Waals surface area contributed by atoms with Crippen LogP contribution in [0, 0.1) is 10.8 Å². The van der Waals surface area contributed by atoms with Gasteiger partial charge in [0.25, 0.3) is 0 Å². The van der Waals surface area contributed by atoms with Crippen LogP contribution in [0.1, 0.15) is 50.4 Å². The van der Waals surface area contributed by atoms with Gasteiger partial charge in [-0.05, 0) is 48.3 Å². The van der Waals surface area contributed by atoms with Crippen LogP contribution in [0.25, 0.3) is 0 Å². The van der Waals surface area contributed by atoms with Gasteiger partial charge in [0.1, 0.15) is 0 Å². The fourth-order valence-corrected chi connectivity index (χ4v) is 3.81. The van der Waals surface area contributed by atoms with E-state index >= 15 is 0 Å². The Balaban J connectivity index is 2.04. The Bertz CT molecular complexity index is 527. The molecule has 0 unspecified atom stereocenters. The molecular formula is C17H26N2O2. The van der Waals surface area contributed by atoms with Crippen molar-refractivity contribution in [2.75, 3.05) is 11.9 Å². The molecule has 21 heavy (non-hydrogen) atoms. The lowest BCUT2D eigenvalue weighted by Crippen LogP contribution is -2.42. The van der Waals surface area contributed by atoms with Crippen molar-refractivity contribution < 1.29 is 9.90 Å². The highest BCUT2D eigenvalue weighted by molar-refractivity contribution is 5.93. The minimum Gasteiger partial charge on any atom is -0.393 e. The molecule has 0 heterocycles. The largest absolute Gasteiger partial charge is 0.393 e. The average molecular weight is 290 g/mol. The maximum Gasteiger partial charge on any atom is 0.248 e. The smallest absolute Gasteiger partial charge is 0.248 e. The maximum atomic E-state index is 11.2. The summed E-state index contributed by atoms with van der Waals surface area (Å²) in [5.74, 6) is -0.418. The molecule has 0 aromatic heterocycles. The SMILES string of the molecule is CC1(C)C[C@H](O)C[C@](C)(CNc2cccc(C(N)=O)c2)C1. The first-order chi connectivity index (χ1) is 9.69. The van der Waals surface area contributed by atoms with Gasteiger partial charge >= 0.3 is 0 Å². The first kappa shape index (κ1) is 15.8. The molecule has 1 aromatic rings. The normalized spacial score (nSPS) is 28.1. The maximum absolute atomic E-state index is 11.2. The van der Waals surface area contributed by atoms with Crippen molar-refractivity contribution in [1.29, 1.82) is 0 Å². The van der Waals surface area contributed by atoms with Crippen LogP contribution >= 0.6 is 0 Å². The van der Waals surface area contributed by atoms with Crippen molar-refractivity contribution in [3.8, 4) is 0 Å². The van der Waals surface area contributed by atoms with E-state index in [9.17, 15) is 9.90 Å². The van der Waals surface area contributed by atoms with Gasteiger partial charge in [-0.3, -0.25) is 4.79 Å². The number of anilines is 1. The summed E-state index contributed by atoms with van der Waals surface area (Å²) >= 11 is 0. The van der Waals surface area contributed by atoms with Crippen molar-refractivity contribution in [2.45, 2.75) is 46.1 Å². The van der Waals surface area contributed by atoms with Gasteiger partial charge in [-0.25, -0.2) is 0 Å². The molecule has 116 valence electrons. The third kappa shape index (κ3) is 4.21. The van der Waals surface area contributed by atoms with Crippen LogP contribution in [0.3, 0.4) is 0 Å². The van der Waals surface area contributed by atoms with Crippen molar-refractivity contribution in [2.24, 2.45) is 16.6 Å². The number of carbonyl (C=O) groups is 1. The molecule has 4 N–H and O–H groups in total. The molecular weight excluding hydrogens is 264 g/mol. The van der Waals surface area contributed by atoms with Gasteiger partial charge in [-0.2, -0.15) is 0 Å². The fourth-order valence-electron chi connectivity index (χ4n) is 3.81. The monoisotopic (exact) mass is 290 g/mol. The zero-order valence-electron chi connectivity index (χ0n) is 13.1. The summed E-state index contributed by atoms with van der Waals surface area (Å²) in [5.41, 5.74) is 6.91. The van der Waals surface area contributed by atoms with Crippen molar-refractivity contribution >= 4 is 11.6 Å². The van der Waals surface area contributed by atoms with Gasteiger partial charge in [0.2, 0.25) is 5.91 Å². The molecule has 2 atom stereocenters. The molecule has 4 nitrogen and oxygen atoms in total. The van der Waals surface area contributed by atoms with E-state index in [-0.39, 0.29) is 16.9 Å². The molecule has 0 aliphatic heterocycles. The van der Waals surface area contributed by atoms with E-state index in [2.05, 4.69) is 26.1 Å². The lowest BCUT2D eigenvalue weighted by Gasteiger charge is -2.45. The van der Waals surface area contributed by atoms with E-state index in [1.807, 2.05) is 12.1 Å². The van der Waals surface area contributed by atoms with E-state index in [0.29, 0.717) is 5.56 Å². The molecule has 0 bridgehead atoms. The number of nitrogens with one attached hydrogen (secondary N) is 1. The van der Waals surface area contributed by atoms with Gasteiger partial charge in [0, 0.05) is 17.8 Å². The van der Waals surface area contributed by atoms with Crippen LogP contribution in [0.15, 0.2) is 24.3 Å². The fraction of sp³-hybridized carbons (Fsp3) is 0.588. The molecule has 1 fully saturated rings. The predicted molar refractivity (Wildman–Crippen MR) is 85.2 cm³/mol. The van der Waals surface area contributed by atoms with Crippen LogP contribution in [0.2, 0.25) is 0 Å². The number of amides is 1. The summed E-state index contributed by atoms with van der Waals surface area (Å²) in [4.78, 5) is 11.2. The number of hydrogen-bond acceptors (Lipinski definition) is 3. The van der Waals surface area contributed by atoms with E-state index in [0.717, 1.165) is 31.5 Å². The van der Waals surface area contributed by atoms with E-state index in [1.54, 1.807) is 12.1 Å². The van der Waals surface area contributed by atoms with Gasteiger partial charge in [0.15, 0.2) is 0 Å². The molecule has 0 spiro atoms. The van der Waals surface area contributed by atoms with Gasteiger partial charge in [-0.1, -0.05) is 26.8 Å². The minimum atomic E-state index is -0.418. The molecule has 1 aromatic carbocycles. The topological polar surface area (TPSA) is 75.3 Å². The number of primary amides is 1. The number of rotatable bonds is 4. The zero-order chi connectivity index (χ0) is 15.7. The Labute approximate surface area is 126 Å². The Morgan fingerprint density at radius 1 is 1.38 bits per heavy atom. The average Bonchev–Trinajstić information content (AvgIpc) is 2.34. The van der Waals surface area contributed by atoms with E-state index in [1.165, 1.54) is 0 Å². The highest BCUT2D eigenvalue weighted by atomic mass is 16.3. The van der Waals surface area contributed by atoms with Gasteiger partial charge in [0.05, 0.1) is 6.10 Å². The Morgan fingerprint density at radius 3 is 2.71 bits per heavy atom. The van der Waals surface area contributed by atoms with Crippen molar-refractivity contribution in [1.82, 2.24) is 0 Å². The number of aliphatic hydroxyl groups is 1. The van der Waals surface area contributed by atoms with E-state index in [4.69, 9.17) is 5.73 Å². The van der Waals surface area contributed by atoms with Gasteiger partial charge < -0.3 is 16.2 Å². The summed E-state index contributed by atoms with van der Waals surface area (Å²) in [6.07, 6.45) is 2.50. The molecule has 1 amide bonds. The first-order valence-corrected chi connectivity index (χ1v) is 7.51. The summed E-state index contributed by atoms with van der Waals surface area (Å²) in [6, 6.07) is 7.24. The number of nitrogens with two attached hydrogens (primary N) is 1. The number of benzene rings is 1. The lowest BCUT2D eigenvalue weighted by molar-refractivity contribution is -0.00317. The van der Waals surface area contributed by atoms with Crippen LogP contribution in [0.5, 0.6) is 0 Å². The summed E-state index contributed by atoms with van der Waals surface area (Å²) in [5, 5.41) is 13.5. The summed E-state index contributed by atoms with van der Waals surface area (Å²) in [7, 11) is 0. The lowest BCUT2D eigenvalue weighted by atomic mass is 9.63. The Kier molecular flexibility index (Phi) is 4.28. The number of aliphatic hydroxyl groups excluding tert-OH is 1. The second-order valence-electron chi connectivity index (χ2n) is 7.51. The third-order valence-corrected chi connectivity index (χ3v) is 4.29. The first-order valence-electron chi connectivity index (χ1n) is 7.51. The Hall–Kier alpha value is -1.55. The molecule has 1 aliphatic rings. The molecule has 2 rings (SSSR count). The number of carbonyl (C=O) groups excluding carboxylic acids is 1. The molecule has 1 aliphatic carbocycles. The second kappa shape index (κ2) is 5.68. The highest BCUT2D eigenvalue weighted by Crippen LogP contribution is 2.46. The third-order valence-electron chi connectivity index (χ3n) is 4.29. The summed E-state index contributed by atoms with van der Waals surface area (Å²) in [6.45, 7) is 7.40. The van der Waals surface area contributed by atoms with Crippen LogP contribution in [0.4, 0.5) is 5.69 Å². The standard InChI is InChI=1S/C17H26N2O2/c1-16(2)8-14(20)9-17(3,10-16)11-19-13-6-4-5-12(7-13)15(18)21/h4-7,14,19-20H,8-11H2,1-3H3,(H2,18,21)/t14-,17-/m0/s1. The second-order valence-corrected chi connectivity index (χ2v) is 7.51. The van der Waals surface area contributed by atoms with Crippen LogP contribution in [-0.2, 0) is 0 Å². The van der Waals surface area contributed by atoms with Gasteiger partial charge in [-0.15, -0.1) is 0 Å². The Morgan fingerprint density at radius 2 is 2.10 bits per heavy atom. The summed E-state index contributed by atoms with van der Waals surface area (Å²) < 4.78 is 0. The van der Waals surface area contributed by atoms with Crippen molar-refractivity contribution in [3.63, 3.8) is 0 Å².